The Bertz CT molecular complexity index is 125. The summed E-state index contributed by atoms with van der Waals surface area (Å²) in [4.78, 5) is 24.7. The highest BCUT2D eigenvalue weighted by Gasteiger charge is 1.30. The monoisotopic (exact) mass is 185 g/mol. The van der Waals surface area contributed by atoms with Crippen LogP contribution >= 0.6 is 0 Å². The lowest BCUT2D eigenvalue weighted by molar-refractivity contribution is 0.460. The van der Waals surface area contributed by atoms with Crippen molar-refractivity contribution in [1.82, 2.24) is 0 Å². The molecular formula is C4H3N3O4Si-3. The highest BCUT2D eigenvalue weighted by molar-refractivity contribution is 5.97. The normalized spacial score (nSPS) is 3.50. The molecule has 0 aromatic heterocycles. The molecule has 0 heterocycles. The molecule has 0 atom stereocenters. The molecule has 0 aliphatic rings. The molecule has 0 unspecified atom stereocenters. The predicted molar refractivity (Wildman–Crippen MR) is 39.9 cm³/mol. The van der Waals surface area contributed by atoms with Gasteiger partial charge in [-0.25, -0.2) is 0 Å². The van der Waals surface area contributed by atoms with Crippen LogP contribution in [0.4, 0.5) is 0 Å². The zero-order chi connectivity index (χ0) is 10.8. The van der Waals surface area contributed by atoms with Crippen LogP contribution < -0.4 is 0 Å². The minimum absolute atomic E-state index is 0.500. The Morgan fingerprint density at radius 1 is 1.00 bits per heavy atom. The summed E-state index contributed by atoms with van der Waals surface area (Å²) < 4.78 is 4.06. The molecule has 3 radical (unpaired) electrons. The Labute approximate surface area is 71.8 Å². The van der Waals surface area contributed by atoms with Gasteiger partial charge in [0.15, 0.2) is 0 Å². The van der Waals surface area contributed by atoms with Gasteiger partial charge in [-0.15, -0.1) is 0 Å². The minimum atomic E-state index is 0.500. The van der Waals surface area contributed by atoms with Crippen LogP contribution in [0.5, 0.6) is 0 Å². The van der Waals surface area contributed by atoms with Gasteiger partial charge >= 0.3 is 0 Å². The number of hydrogen-bond donors (Lipinski definition) is 0. The van der Waals surface area contributed by atoms with Gasteiger partial charge in [-0.05, 0) is 18.2 Å². The molecule has 0 aliphatic heterocycles. The van der Waals surface area contributed by atoms with Gasteiger partial charge in [0.25, 0.3) is 0 Å². The summed E-state index contributed by atoms with van der Waals surface area (Å²) in [6.07, 6.45) is 1.50. The van der Waals surface area contributed by atoms with Crippen molar-refractivity contribution in [2.45, 2.75) is 0 Å². The second-order valence-electron chi connectivity index (χ2n) is 0.478. The van der Waals surface area contributed by atoms with Gasteiger partial charge in [0.05, 0.1) is 0 Å². The first-order valence-corrected chi connectivity index (χ1v) is 2.30. The maximum atomic E-state index is 8.24. The highest BCUT2D eigenvalue weighted by Crippen LogP contribution is 1.24. The van der Waals surface area contributed by atoms with E-state index in [4.69, 9.17) is 30.6 Å². The fourth-order valence-corrected chi connectivity index (χ4v) is 0. The topological polar surface area (TPSA) is 127 Å². The molecule has 0 rings (SSSR count). The van der Waals surface area contributed by atoms with Crippen molar-refractivity contribution in [3.05, 3.63) is 16.2 Å². The molecule has 65 valence electrons. The zero-order valence-electron chi connectivity index (χ0n) is 5.97. The fourth-order valence-electron chi connectivity index (χ4n) is 0. The Kier molecular flexibility index (Phi) is 225. The molecule has 0 N–H and O–H groups in total. The zero-order valence-corrected chi connectivity index (χ0v) is 6.97. The molecule has 0 bridgehead atoms. The van der Waals surface area contributed by atoms with E-state index in [-0.39, 0.29) is 0 Å². The molecule has 0 spiro atoms. The van der Waals surface area contributed by atoms with Crippen LogP contribution in [-0.2, 0) is 18.8 Å². The molecule has 7 nitrogen and oxygen atoms in total. The van der Waals surface area contributed by atoms with Crippen molar-refractivity contribution < 1.29 is 18.8 Å². The third-order valence-electron chi connectivity index (χ3n) is 0. The van der Waals surface area contributed by atoms with Gasteiger partial charge in [0, 0.05) is 7.11 Å². The van der Waals surface area contributed by atoms with Crippen molar-refractivity contribution in [2.75, 3.05) is 7.11 Å². The van der Waals surface area contributed by atoms with Gasteiger partial charge in [-0.2, -0.15) is 0 Å². The molecule has 0 fully saturated rings. The van der Waals surface area contributed by atoms with Crippen molar-refractivity contribution in [3.8, 4) is 0 Å². The van der Waals surface area contributed by atoms with E-state index in [0.29, 0.717) is 18.2 Å². The molecule has 0 aliphatic carbocycles. The first kappa shape index (κ1) is 22.4. The van der Waals surface area contributed by atoms with E-state index in [1.165, 1.54) is 7.11 Å². The standard InChI is InChI=1S/3CNO.CH3OSi/c3*2-1-3;1-2-3/h;;;1H3/q3*-1;. The largest absolute Gasteiger partial charge is 0.724 e. The van der Waals surface area contributed by atoms with E-state index < -0.39 is 0 Å². The van der Waals surface area contributed by atoms with Gasteiger partial charge in [-0.1, -0.05) is 0 Å². The van der Waals surface area contributed by atoms with Crippen LogP contribution in [0.25, 0.3) is 16.2 Å². The van der Waals surface area contributed by atoms with Gasteiger partial charge in [0.2, 0.25) is 10.5 Å². The van der Waals surface area contributed by atoms with Gasteiger partial charge in [-0.3, -0.25) is 14.4 Å². The van der Waals surface area contributed by atoms with Crippen molar-refractivity contribution in [1.29, 1.82) is 0 Å². The molecule has 12 heavy (non-hydrogen) atoms. The molecule has 0 saturated carbocycles. The third kappa shape index (κ3) is 157. The second-order valence-corrected chi connectivity index (χ2v) is 0.886. The summed E-state index contributed by atoms with van der Waals surface area (Å²) in [7, 11) is 4.22. The number of hydrogen-bond acceptors (Lipinski definition) is 4. The molecular weight excluding hydrogens is 182 g/mol. The van der Waals surface area contributed by atoms with E-state index in [1.54, 1.807) is 0 Å². The van der Waals surface area contributed by atoms with Crippen molar-refractivity contribution in [2.24, 2.45) is 0 Å². The average molecular weight is 185 g/mol. The summed E-state index contributed by atoms with van der Waals surface area (Å²) in [6.45, 7) is 0. The maximum Gasteiger partial charge on any atom is 0.245 e. The number of rotatable bonds is 0. The number of isocyanates is 3. The summed E-state index contributed by atoms with van der Waals surface area (Å²) in [6, 6.07) is 0. The van der Waals surface area contributed by atoms with Crippen LogP contribution in [0.2, 0.25) is 0 Å². The lowest BCUT2D eigenvalue weighted by Gasteiger charge is -1.59. The van der Waals surface area contributed by atoms with Crippen LogP contribution in [0.3, 0.4) is 0 Å². The second kappa shape index (κ2) is 120. The first-order chi connectivity index (χ1) is 5.66. The van der Waals surface area contributed by atoms with E-state index >= 15 is 0 Å². The van der Waals surface area contributed by atoms with E-state index in [0.717, 1.165) is 0 Å². The summed E-state index contributed by atoms with van der Waals surface area (Å²) >= 11 is 0. The number of carbonyl (C=O) groups excluding carboxylic acids is 3. The maximum absolute atomic E-state index is 8.24. The minimum Gasteiger partial charge on any atom is -0.724 e. The average Bonchev–Trinajstić information content (AvgIpc) is 1.92. The molecule has 8 heteroatoms. The molecule has 0 aromatic rings. The smallest absolute Gasteiger partial charge is 0.245 e. The van der Waals surface area contributed by atoms with Crippen molar-refractivity contribution in [3.63, 3.8) is 0 Å². The summed E-state index contributed by atoms with van der Waals surface area (Å²) in [5, 5.41) is 20.3. The molecule has 0 amide bonds. The van der Waals surface area contributed by atoms with E-state index in [2.05, 4.69) is 14.9 Å². The SMILES string of the molecule is CO[Si].[N-]=C=O.[N-]=C=O.[N-]=C=O. The Morgan fingerprint density at radius 3 is 1.00 bits per heavy atom. The van der Waals surface area contributed by atoms with Gasteiger partial charge < -0.3 is 20.7 Å². The van der Waals surface area contributed by atoms with Crippen molar-refractivity contribution >= 4 is 28.7 Å². The predicted octanol–water partition coefficient (Wildman–Crippen LogP) is -0.609. The van der Waals surface area contributed by atoms with E-state index in [1.807, 2.05) is 0 Å². The lowest BCUT2D eigenvalue weighted by Crippen LogP contribution is -1.60. The summed E-state index contributed by atoms with van der Waals surface area (Å²) in [5.41, 5.74) is 0. The first-order valence-electron chi connectivity index (χ1n) is 1.90. The molecule has 0 saturated heterocycles. The van der Waals surface area contributed by atoms with Crippen LogP contribution in [-0.4, -0.2) is 35.8 Å². The van der Waals surface area contributed by atoms with Crippen LogP contribution in [0.15, 0.2) is 0 Å². The third-order valence-corrected chi connectivity index (χ3v) is 0. The van der Waals surface area contributed by atoms with Crippen LogP contribution in [0.1, 0.15) is 0 Å². The highest BCUT2D eigenvalue weighted by atomic mass is 28.2. The lowest BCUT2D eigenvalue weighted by atomic mass is 11.7. The van der Waals surface area contributed by atoms with E-state index in [9.17, 15) is 0 Å². The Balaban J connectivity index is -0.0000000356. The number of nitrogens with zero attached hydrogens (tertiary/aromatic N) is 3. The quantitative estimate of drug-likeness (QED) is 0.283. The molecule has 0 aromatic carbocycles. The fraction of sp³-hybridized carbons (Fsp3) is 0.250. The summed E-state index contributed by atoms with van der Waals surface area (Å²) in [5.74, 6) is 0. The van der Waals surface area contributed by atoms with Gasteiger partial charge in [0.1, 0.15) is 0 Å². The van der Waals surface area contributed by atoms with Crippen LogP contribution in [0, 0.1) is 0 Å². The Hall–Kier alpha value is -1.68. The Morgan fingerprint density at radius 2 is 1.00 bits per heavy atom.